The Kier molecular flexibility index (Phi) is 4.24. The maximum absolute atomic E-state index is 10.9. The van der Waals surface area contributed by atoms with Gasteiger partial charge < -0.3 is 10.8 Å². The van der Waals surface area contributed by atoms with Gasteiger partial charge in [-0.2, -0.15) is 0 Å². The Morgan fingerprint density at radius 2 is 2.06 bits per heavy atom. The van der Waals surface area contributed by atoms with E-state index in [0.717, 1.165) is 48.2 Å². The van der Waals surface area contributed by atoms with Crippen molar-refractivity contribution in [2.75, 3.05) is 18.8 Å². The molecule has 0 radical (unpaired) electrons. The van der Waals surface area contributed by atoms with E-state index in [4.69, 9.17) is 10.8 Å². The third kappa shape index (κ3) is 3.46. The van der Waals surface area contributed by atoms with Crippen molar-refractivity contribution in [3.63, 3.8) is 0 Å². The number of carboxylic acids is 1. The predicted molar refractivity (Wildman–Crippen MR) is 74.2 cm³/mol. The van der Waals surface area contributed by atoms with Crippen molar-refractivity contribution in [3.05, 3.63) is 28.2 Å². The van der Waals surface area contributed by atoms with E-state index in [2.05, 4.69) is 26.9 Å². The van der Waals surface area contributed by atoms with E-state index in [-0.39, 0.29) is 5.92 Å². The van der Waals surface area contributed by atoms with E-state index in [9.17, 15) is 4.79 Å². The number of piperidine rings is 1. The first-order valence-corrected chi connectivity index (χ1v) is 6.84. The summed E-state index contributed by atoms with van der Waals surface area (Å²) in [6, 6.07) is 5.90. The number of halogens is 1. The van der Waals surface area contributed by atoms with Crippen LogP contribution in [0.2, 0.25) is 0 Å². The lowest BCUT2D eigenvalue weighted by Crippen LogP contribution is -2.35. The Hall–Kier alpha value is -1.07. The van der Waals surface area contributed by atoms with Crippen molar-refractivity contribution in [1.29, 1.82) is 0 Å². The molecule has 1 aromatic carbocycles. The van der Waals surface area contributed by atoms with Crippen LogP contribution in [-0.4, -0.2) is 29.1 Å². The predicted octanol–water partition coefficient (Wildman–Crippen LogP) is 2.33. The molecule has 3 N–H and O–H groups in total. The third-order valence-corrected chi connectivity index (χ3v) is 3.78. The van der Waals surface area contributed by atoms with Gasteiger partial charge in [-0.25, -0.2) is 0 Å². The van der Waals surface area contributed by atoms with Gasteiger partial charge in [0.05, 0.1) is 5.92 Å². The summed E-state index contributed by atoms with van der Waals surface area (Å²) >= 11 is 3.43. The summed E-state index contributed by atoms with van der Waals surface area (Å²) in [6.45, 7) is 2.50. The lowest BCUT2D eigenvalue weighted by Gasteiger charge is -2.30. The summed E-state index contributed by atoms with van der Waals surface area (Å²) in [4.78, 5) is 13.1. The fourth-order valence-electron chi connectivity index (χ4n) is 2.36. The Bertz CT molecular complexity index is 422. The first kappa shape index (κ1) is 13.4. The first-order chi connectivity index (χ1) is 8.54. The number of nitrogens with zero attached hydrogens (tertiary/aromatic N) is 1. The van der Waals surface area contributed by atoms with Crippen LogP contribution >= 0.6 is 15.9 Å². The number of rotatable bonds is 3. The minimum absolute atomic E-state index is 0.172. The van der Waals surface area contributed by atoms with Gasteiger partial charge in [0.15, 0.2) is 0 Å². The smallest absolute Gasteiger partial charge is 0.306 e. The number of hydrogen-bond donors (Lipinski definition) is 2. The monoisotopic (exact) mass is 312 g/mol. The number of aliphatic carboxylic acids is 1. The summed E-state index contributed by atoms with van der Waals surface area (Å²) in [5.74, 6) is -0.838. The largest absolute Gasteiger partial charge is 0.481 e. The van der Waals surface area contributed by atoms with Crippen LogP contribution in [0.4, 0.5) is 5.69 Å². The molecular formula is C13H17BrN2O2. The standard InChI is InChI=1S/C13H17BrN2O2/c14-11-5-9(6-12(15)7-11)8-16-3-1-10(2-4-16)13(17)18/h5-7,10H,1-4,8,15H2,(H,17,18). The third-order valence-electron chi connectivity index (χ3n) is 3.32. The second kappa shape index (κ2) is 5.71. The van der Waals surface area contributed by atoms with Crippen LogP contribution in [0, 0.1) is 5.92 Å². The van der Waals surface area contributed by atoms with Gasteiger partial charge in [-0.15, -0.1) is 0 Å². The van der Waals surface area contributed by atoms with Gasteiger partial charge in [0.25, 0.3) is 0 Å². The first-order valence-electron chi connectivity index (χ1n) is 6.04. The highest BCUT2D eigenvalue weighted by molar-refractivity contribution is 9.10. The molecule has 5 heteroatoms. The minimum Gasteiger partial charge on any atom is -0.481 e. The van der Waals surface area contributed by atoms with Gasteiger partial charge in [0.1, 0.15) is 0 Å². The molecule has 98 valence electrons. The lowest BCUT2D eigenvalue weighted by molar-refractivity contribution is -0.143. The Labute approximate surface area is 115 Å². The van der Waals surface area contributed by atoms with E-state index >= 15 is 0 Å². The van der Waals surface area contributed by atoms with E-state index < -0.39 is 5.97 Å². The molecule has 0 spiro atoms. The molecule has 0 saturated carbocycles. The lowest BCUT2D eigenvalue weighted by atomic mass is 9.97. The summed E-state index contributed by atoms with van der Waals surface area (Å²) < 4.78 is 0.984. The molecular weight excluding hydrogens is 296 g/mol. The van der Waals surface area contributed by atoms with Crippen molar-refractivity contribution in [3.8, 4) is 0 Å². The highest BCUT2D eigenvalue weighted by atomic mass is 79.9. The van der Waals surface area contributed by atoms with Crippen molar-refractivity contribution < 1.29 is 9.90 Å². The van der Waals surface area contributed by atoms with Gasteiger partial charge in [0, 0.05) is 16.7 Å². The van der Waals surface area contributed by atoms with Gasteiger partial charge in [-0.1, -0.05) is 15.9 Å². The maximum atomic E-state index is 10.9. The van der Waals surface area contributed by atoms with Crippen LogP contribution in [0.5, 0.6) is 0 Å². The normalized spacial score (nSPS) is 17.8. The SMILES string of the molecule is Nc1cc(Br)cc(CN2CCC(C(=O)O)CC2)c1. The molecule has 4 nitrogen and oxygen atoms in total. The van der Waals surface area contributed by atoms with Crippen LogP contribution in [0.15, 0.2) is 22.7 Å². The van der Waals surface area contributed by atoms with Crippen molar-refractivity contribution >= 4 is 27.6 Å². The van der Waals surface area contributed by atoms with Crippen molar-refractivity contribution in [2.24, 2.45) is 5.92 Å². The summed E-state index contributed by atoms with van der Waals surface area (Å²) in [6.07, 6.45) is 1.47. The van der Waals surface area contributed by atoms with Crippen LogP contribution in [0.3, 0.4) is 0 Å². The fourth-order valence-corrected chi connectivity index (χ4v) is 2.92. The van der Waals surface area contributed by atoms with Gasteiger partial charge in [-0.3, -0.25) is 9.69 Å². The molecule has 1 heterocycles. The molecule has 2 rings (SSSR count). The molecule has 0 atom stereocenters. The molecule has 0 aromatic heterocycles. The van der Waals surface area contributed by atoms with E-state index in [0.29, 0.717) is 0 Å². The maximum Gasteiger partial charge on any atom is 0.306 e. The topological polar surface area (TPSA) is 66.6 Å². The number of nitrogen functional groups attached to an aromatic ring is 1. The quantitative estimate of drug-likeness (QED) is 0.841. The zero-order valence-corrected chi connectivity index (χ0v) is 11.7. The molecule has 0 unspecified atom stereocenters. The molecule has 0 amide bonds. The second-order valence-corrected chi connectivity index (χ2v) is 5.70. The molecule has 1 aliphatic heterocycles. The molecule has 1 aromatic rings. The van der Waals surface area contributed by atoms with Crippen LogP contribution in [0.1, 0.15) is 18.4 Å². The van der Waals surface area contributed by atoms with Crippen molar-refractivity contribution in [2.45, 2.75) is 19.4 Å². The number of benzene rings is 1. The number of carboxylic acid groups (broad SMARTS) is 1. The number of carbonyl (C=O) groups is 1. The minimum atomic E-state index is -0.665. The van der Waals surface area contributed by atoms with E-state index in [1.165, 1.54) is 0 Å². The van der Waals surface area contributed by atoms with E-state index in [1.54, 1.807) is 0 Å². The molecule has 1 saturated heterocycles. The van der Waals surface area contributed by atoms with E-state index in [1.807, 2.05) is 12.1 Å². The van der Waals surface area contributed by atoms with Gasteiger partial charge in [0.2, 0.25) is 0 Å². The van der Waals surface area contributed by atoms with Crippen LogP contribution in [-0.2, 0) is 11.3 Å². The van der Waals surface area contributed by atoms with Gasteiger partial charge >= 0.3 is 5.97 Å². The Morgan fingerprint density at radius 3 is 2.61 bits per heavy atom. The fraction of sp³-hybridized carbons (Fsp3) is 0.462. The zero-order valence-electron chi connectivity index (χ0n) is 10.1. The number of nitrogens with two attached hydrogens (primary N) is 1. The number of anilines is 1. The number of likely N-dealkylation sites (tertiary alicyclic amines) is 1. The molecule has 18 heavy (non-hydrogen) atoms. The average molecular weight is 313 g/mol. The number of hydrogen-bond acceptors (Lipinski definition) is 3. The average Bonchev–Trinajstić information content (AvgIpc) is 2.28. The zero-order chi connectivity index (χ0) is 13.1. The van der Waals surface area contributed by atoms with Crippen LogP contribution in [0.25, 0.3) is 0 Å². The van der Waals surface area contributed by atoms with Crippen LogP contribution < -0.4 is 5.73 Å². The van der Waals surface area contributed by atoms with Crippen molar-refractivity contribution in [1.82, 2.24) is 4.90 Å². The summed E-state index contributed by atoms with van der Waals surface area (Å²) in [7, 11) is 0. The molecule has 0 aliphatic carbocycles. The molecule has 1 fully saturated rings. The highest BCUT2D eigenvalue weighted by Crippen LogP contribution is 2.22. The Balaban J connectivity index is 1.93. The van der Waals surface area contributed by atoms with Gasteiger partial charge in [-0.05, 0) is 49.7 Å². The summed E-state index contributed by atoms with van der Waals surface area (Å²) in [5.41, 5.74) is 7.71. The Morgan fingerprint density at radius 1 is 1.39 bits per heavy atom. The highest BCUT2D eigenvalue weighted by Gasteiger charge is 2.24. The molecule has 0 bridgehead atoms. The summed E-state index contributed by atoms with van der Waals surface area (Å²) in [5, 5.41) is 8.95. The second-order valence-electron chi connectivity index (χ2n) is 4.78. The molecule has 1 aliphatic rings.